The lowest BCUT2D eigenvalue weighted by Crippen LogP contribution is -2.47. The highest BCUT2D eigenvalue weighted by atomic mass is 16.2. The third kappa shape index (κ3) is 4.43. The lowest BCUT2D eigenvalue weighted by atomic mass is 9.97. The number of hydrogen-bond acceptors (Lipinski definition) is 2. The van der Waals surface area contributed by atoms with Crippen molar-refractivity contribution in [2.45, 2.75) is 38.1 Å². The van der Waals surface area contributed by atoms with Gasteiger partial charge in [-0.3, -0.25) is 14.5 Å². The number of unbranched alkanes of at least 4 members (excludes halogenated alkanes) is 1. The average molecular weight is 504 g/mol. The molecule has 1 saturated carbocycles. The van der Waals surface area contributed by atoms with Crippen LogP contribution in [-0.4, -0.2) is 34.4 Å². The van der Waals surface area contributed by atoms with Gasteiger partial charge in [0.2, 0.25) is 11.8 Å². The molecule has 192 valence electrons. The van der Waals surface area contributed by atoms with Crippen LogP contribution < -0.4 is 4.90 Å². The maximum Gasteiger partial charge on any atom is 0.247 e. The van der Waals surface area contributed by atoms with E-state index in [1.54, 1.807) is 0 Å². The third-order valence-electron chi connectivity index (χ3n) is 7.86. The Labute approximate surface area is 224 Å². The number of rotatable bonds is 8. The summed E-state index contributed by atoms with van der Waals surface area (Å²) >= 11 is 0. The van der Waals surface area contributed by atoms with E-state index < -0.39 is 0 Å². The molecule has 5 heteroatoms. The molecule has 2 heterocycles. The summed E-state index contributed by atoms with van der Waals surface area (Å²) in [5.41, 5.74) is 5.15. The smallest absolute Gasteiger partial charge is 0.247 e. The van der Waals surface area contributed by atoms with E-state index >= 15 is 0 Å². The quantitative estimate of drug-likeness (QED) is 0.281. The highest BCUT2D eigenvalue weighted by Crippen LogP contribution is 2.48. The largest absolute Gasteiger partial charge is 0.333 e. The number of benzene rings is 3. The second-order valence-electron chi connectivity index (χ2n) is 10.3. The van der Waals surface area contributed by atoms with Gasteiger partial charge >= 0.3 is 0 Å². The molecule has 1 fully saturated rings. The number of para-hydroxylation sites is 2. The van der Waals surface area contributed by atoms with Crippen LogP contribution in [0.3, 0.4) is 0 Å². The van der Waals surface area contributed by atoms with Gasteiger partial charge in [-0.2, -0.15) is 0 Å². The Hall–Kier alpha value is -4.12. The van der Waals surface area contributed by atoms with E-state index in [2.05, 4.69) is 54.1 Å². The van der Waals surface area contributed by atoms with Crippen molar-refractivity contribution in [3.05, 3.63) is 120 Å². The van der Waals surface area contributed by atoms with Crippen molar-refractivity contribution in [3.63, 3.8) is 0 Å². The second-order valence-corrected chi connectivity index (χ2v) is 10.3. The van der Waals surface area contributed by atoms with Gasteiger partial charge in [0.05, 0.1) is 17.1 Å². The fourth-order valence-electron chi connectivity index (χ4n) is 5.84. The highest BCUT2D eigenvalue weighted by Gasteiger charge is 2.46. The number of hydrogen-bond donors (Lipinski definition) is 0. The Kier molecular flexibility index (Phi) is 6.59. The van der Waals surface area contributed by atoms with Gasteiger partial charge in [-0.05, 0) is 54.2 Å². The second kappa shape index (κ2) is 10.3. The zero-order valence-corrected chi connectivity index (χ0v) is 21.7. The molecule has 3 unspecified atom stereocenters. The van der Waals surface area contributed by atoms with Crippen LogP contribution in [-0.2, 0) is 9.59 Å². The van der Waals surface area contributed by atoms with Gasteiger partial charge in [0.25, 0.3) is 0 Å². The molecule has 3 aromatic carbocycles. The maximum atomic E-state index is 14.3. The number of nitrogens with zero attached hydrogens (tertiary/aromatic N) is 3. The molecule has 1 aromatic heterocycles. The topological polar surface area (TPSA) is 45.6 Å². The third-order valence-corrected chi connectivity index (χ3v) is 7.86. The van der Waals surface area contributed by atoms with E-state index in [1.807, 2.05) is 70.5 Å². The minimum absolute atomic E-state index is 0.0437. The zero-order valence-electron chi connectivity index (χ0n) is 21.7. The van der Waals surface area contributed by atoms with Crippen LogP contribution in [0.25, 0.3) is 5.69 Å². The van der Waals surface area contributed by atoms with Crippen LogP contribution in [0.2, 0.25) is 0 Å². The summed E-state index contributed by atoms with van der Waals surface area (Å²) in [7, 11) is 0. The predicted molar refractivity (Wildman–Crippen MR) is 150 cm³/mol. The first-order valence-corrected chi connectivity index (χ1v) is 13.6. The Morgan fingerprint density at radius 1 is 0.816 bits per heavy atom. The monoisotopic (exact) mass is 503 g/mol. The van der Waals surface area contributed by atoms with Crippen LogP contribution in [0.4, 0.5) is 5.69 Å². The van der Waals surface area contributed by atoms with Crippen molar-refractivity contribution in [1.82, 2.24) is 9.47 Å². The van der Waals surface area contributed by atoms with Gasteiger partial charge in [-0.1, -0.05) is 86.1 Å². The Balaban J connectivity index is 1.32. The van der Waals surface area contributed by atoms with Crippen molar-refractivity contribution in [2.75, 3.05) is 18.0 Å². The molecule has 1 aliphatic heterocycles. The normalized spacial score (nSPS) is 19.4. The van der Waals surface area contributed by atoms with E-state index in [9.17, 15) is 9.59 Å². The molecule has 1 aliphatic carbocycles. The number of amides is 2. The van der Waals surface area contributed by atoms with E-state index in [0.717, 1.165) is 41.9 Å². The summed E-state index contributed by atoms with van der Waals surface area (Å²) in [6, 6.07) is 32.3. The first-order valence-electron chi connectivity index (χ1n) is 13.6. The molecule has 0 bridgehead atoms. The highest BCUT2D eigenvalue weighted by molar-refractivity contribution is 6.00. The number of fused-ring (bicyclic) bond motifs is 3. The lowest BCUT2D eigenvalue weighted by Gasteiger charge is -2.39. The standard InChI is InChI=1S/C33H33N3O2/c1-2-3-20-34(33(38)27-22-26(27)24-13-6-4-7-14-24)23-31(37)36-29-18-11-10-17-28(29)35-21-12-19-30(35)32(36)25-15-8-5-9-16-25/h4-19,21,26-27,32H,2-3,20,22-23H2,1H3. The summed E-state index contributed by atoms with van der Waals surface area (Å²) < 4.78 is 2.17. The molecule has 3 atom stereocenters. The van der Waals surface area contributed by atoms with E-state index in [0.29, 0.717) is 6.54 Å². The molecule has 0 radical (unpaired) electrons. The molecule has 6 rings (SSSR count). The van der Waals surface area contributed by atoms with Gasteiger partial charge in [0.1, 0.15) is 12.6 Å². The van der Waals surface area contributed by atoms with E-state index in [1.165, 1.54) is 5.56 Å². The summed E-state index contributed by atoms with van der Waals surface area (Å²) in [6.45, 7) is 2.80. The van der Waals surface area contributed by atoms with Crippen LogP contribution in [0.1, 0.15) is 55.0 Å². The molecule has 0 N–H and O–H groups in total. The molecule has 0 saturated heterocycles. The van der Waals surface area contributed by atoms with E-state index in [4.69, 9.17) is 0 Å². The van der Waals surface area contributed by atoms with Crippen LogP contribution in [0, 0.1) is 5.92 Å². The van der Waals surface area contributed by atoms with Crippen molar-refractivity contribution < 1.29 is 9.59 Å². The molecule has 2 amide bonds. The zero-order chi connectivity index (χ0) is 26.1. The van der Waals surface area contributed by atoms with Gasteiger partial charge in [0, 0.05) is 18.7 Å². The Morgan fingerprint density at radius 3 is 2.18 bits per heavy atom. The van der Waals surface area contributed by atoms with Crippen molar-refractivity contribution in [2.24, 2.45) is 5.92 Å². The fourth-order valence-corrected chi connectivity index (χ4v) is 5.84. The van der Waals surface area contributed by atoms with Crippen LogP contribution in [0.15, 0.2) is 103 Å². The average Bonchev–Trinajstić information content (AvgIpc) is 3.62. The Bertz CT molecular complexity index is 1430. The summed E-state index contributed by atoms with van der Waals surface area (Å²) in [6.07, 6.45) is 4.76. The number of anilines is 1. The molecule has 2 aliphatic rings. The summed E-state index contributed by atoms with van der Waals surface area (Å²) in [4.78, 5) is 31.7. The maximum absolute atomic E-state index is 14.3. The van der Waals surface area contributed by atoms with Gasteiger partial charge in [-0.15, -0.1) is 0 Å². The fraction of sp³-hybridized carbons (Fsp3) is 0.273. The lowest BCUT2D eigenvalue weighted by molar-refractivity contribution is -0.136. The first kappa shape index (κ1) is 24.2. The number of aromatic nitrogens is 1. The first-order chi connectivity index (χ1) is 18.7. The van der Waals surface area contributed by atoms with Crippen molar-refractivity contribution >= 4 is 17.5 Å². The SMILES string of the molecule is CCCCN(CC(=O)N1c2ccccc2-n2cccc2C1c1ccccc1)C(=O)C1CC1c1ccccc1. The molecule has 5 nitrogen and oxygen atoms in total. The van der Waals surface area contributed by atoms with Crippen LogP contribution >= 0.6 is 0 Å². The van der Waals surface area contributed by atoms with Gasteiger partial charge in [-0.25, -0.2) is 0 Å². The summed E-state index contributed by atoms with van der Waals surface area (Å²) in [5, 5.41) is 0. The number of carbonyl (C=O) groups is 2. The predicted octanol–water partition coefficient (Wildman–Crippen LogP) is 6.35. The minimum atomic E-state index is -0.269. The van der Waals surface area contributed by atoms with E-state index in [-0.39, 0.29) is 36.2 Å². The molecular formula is C33H33N3O2. The molecule has 38 heavy (non-hydrogen) atoms. The van der Waals surface area contributed by atoms with Crippen molar-refractivity contribution in [1.29, 1.82) is 0 Å². The Morgan fingerprint density at radius 2 is 1.47 bits per heavy atom. The van der Waals surface area contributed by atoms with Gasteiger partial charge in [0.15, 0.2) is 0 Å². The van der Waals surface area contributed by atoms with Crippen molar-refractivity contribution in [3.8, 4) is 5.69 Å². The molecular weight excluding hydrogens is 470 g/mol. The van der Waals surface area contributed by atoms with Gasteiger partial charge < -0.3 is 9.47 Å². The number of carbonyl (C=O) groups excluding carboxylic acids is 2. The van der Waals surface area contributed by atoms with Crippen LogP contribution in [0.5, 0.6) is 0 Å². The molecule has 4 aromatic rings. The minimum Gasteiger partial charge on any atom is -0.333 e. The molecule has 0 spiro atoms. The summed E-state index contributed by atoms with van der Waals surface area (Å²) in [5.74, 6) is 0.252.